The van der Waals surface area contributed by atoms with E-state index in [1.807, 2.05) is 18.2 Å². The molecule has 2 heterocycles. The Morgan fingerprint density at radius 1 is 1.13 bits per heavy atom. The van der Waals surface area contributed by atoms with E-state index in [-0.39, 0.29) is 17.7 Å². The maximum atomic E-state index is 12.3. The first-order valence-corrected chi connectivity index (χ1v) is 11.2. The third-order valence-corrected chi connectivity index (χ3v) is 7.13. The predicted molar refractivity (Wildman–Crippen MR) is 123 cm³/mol. The van der Waals surface area contributed by atoms with Crippen LogP contribution in [0.25, 0.3) is 22.2 Å². The fourth-order valence-electron chi connectivity index (χ4n) is 5.59. The van der Waals surface area contributed by atoms with Crippen LogP contribution in [0.1, 0.15) is 54.7 Å². The van der Waals surface area contributed by atoms with Gasteiger partial charge in [-0.1, -0.05) is 49.6 Å². The van der Waals surface area contributed by atoms with E-state index in [4.69, 9.17) is 15.9 Å². The Morgan fingerprint density at radius 3 is 2.65 bits per heavy atom. The summed E-state index contributed by atoms with van der Waals surface area (Å²) in [6.45, 7) is 0.562. The van der Waals surface area contributed by atoms with Crippen molar-refractivity contribution in [2.45, 2.75) is 51.0 Å². The van der Waals surface area contributed by atoms with E-state index in [0.717, 1.165) is 11.1 Å². The second-order valence-electron chi connectivity index (χ2n) is 8.93. The largest absolute Gasteiger partial charge is 0.481 e. The molecule has 160 valence electrons. The first-order chi connectivity index (χ1) is 15.1. The van der Waals surface area contributed by atoms with E-state index >= 15 is 0 Å². The first-order valence-electron chi connectivity index (χ1n) is 11.2. The molecule has 5 rings (SSSR count). The number of carbonyl (C=O) groups excluding carboxylic acids is 1. The Kier molecular flexibility index (Phi) is 5.05. The quantitative estimate of drug-likeness (QED) is 0.467. The summed E-state index contributed by atoms with van der Waals surface area (Å²) in [4.78, 5) is 12.3. The number of fused-ring (bicyclic) bond motifs is 5. The monoisotopic (exact) mass is 415 g/mol. The van der Waals surface area contributed by atoms with Crippen LogP contribution in [0.15, 0.2) is 42.5 Å². The summed E-state index contributed by atoms with van der Waals surface area (Å²) in [7, 11) is 1.53. The highest BCUT2D eigenvalue weighted by atomic mass is 16.5. The minimum atomic E-state index is -0.261. The van der Waals surface area contributed by atoms with Gasteiger partial charge in [0.25, 0.3) is 0 Å². The first kappa shape index (κ1) is 19.9. The highest BCUT2D eigenvalue weighted by molar-refractivity contribution is 6.00. The Morgan fingerprint density at radius 2 is 1.90 bits per heavy atom. The standard InChI is InChI=1S/C26H29N3O2/c1-31-26(28)18-11-12-21-22(14-18)29-15-19(25(27)30)13-17-9-5-6-10-20(17)24(29)23(21)16-7-3-2-4-8-16/h5-6,9-12,14,16,19,28H,2-4,7-8,13,15H2,1H3,(H2,27,30). The zero-order chi connectivity index (χ0) is 21.5. The second kappa shape index (κ2) is 7.88. The number of methoxy groups -OCH3 is 1. The fraction of sp³-hybridized carbons (Fsp3) is 0.385. The van der Waals surface area contributed by atoms with Crippen molar-refractivity contribution in [2.24, 2.45) is 11.7 Å². The zero-order valence-electron chi connectivity index (χ0n) is 18.0. The van der Waals surface area contributed by atoms with Gasteiger partial charge >= 0.3 is 0 Å². The second-order valence-corrected chi connectivity index (χ2v) is 8.93. The SMILES string of the molecule is COC(=N)c1ccc2c(C3CCCCC3)c3n(c2c1)CC(C(N)=O)Cc1ccccc1-3. The van der Waals surface area contributed by atoms with Gasteiger partial charge in [0.1, 0.15) is 0 Å². The lowest BCUT2D eigenvalue weighted by atomic mass is 9.81. The Labute approximate surface area is 182 Å². The molecule has 1 aromatic heterocycles. The van der Waals surface area contributed by atoms with Crippen molar-refractivity contribution in [1.82, 2.24) is 4.57 Å². The Hall–Kier alpha value is -3.08. The number of nitrogens with two attached hydrogens (primary N) is 1. The van der Waals surface area contributed by atoms with Crippen molar-refractivity contribution in [3.63, 3.8) is 0 Å². The number of amides is 1. The van der Waals surface area contributed by atoms with Gasteiger partial charge < -0.3 is 15.0 Å². The molecule has 1 aliphatic heterocycles. The van der Waals surface area contributed by atoms with Crippen LogP contribution in [0, 0.1) is 11.3 Å². The van der Waals surface area contributed by atoms with Crippen molar-refractivity contribution in [2.75, 3.05) is 7.11 Å². The van der Waals surface area contributed by atoms with Crippen LogP contribution in [0.3, 0.4) is 0 Å². The minimum absolute atomic E-state index is 0.150. The van der Waals surface area contributed by atoms with Crippen LogP contribution >= 0.6 is 0 Å². The molecule has 0 saturated heterocycles. The average Bonchev–Trinajstić information content (AvgIpc) is 3.01. The molecule has 1 fully saturated rings. The summed E-state index contributed by atoms with van der Waals surface area (Å²) in [5.74, 6) is 0.141. The van der Waals surface area contributed by atoms with Crippen molar-refractivity contribution >= 4 is 22.7 Å². The van der Waals surface area contributed by atoms with Crippen molar-refractivity contribution < 1.29 is 9.53 Å². The van der Waals surface area contributed by atoms with Crippen LogP contribution in [0.5, 0.6) is 0 Å². The summed E-state index contributed by atoms with van der Waals surface area (Å²) in [6, 6.07) is 14.6. The molecule has 1 saturated carbocycles. The Bertz CT molecular complexity index is 1170. The highest BCUT2D eigenvalue weighted by Crippen LogP contribution is 2.46. The fourth-order valence-corrected chi connectivity index (χ4v) is 5.59. The molecule has 5 heteroatoms. The molecule has 2 aromatic carbocycles. The summed E-state index contributed by atoms with van der Waals surface area (Å²) in [5.41, 5.74) is 12.7. The summed E-state index contributed by atoms with van der Waals surface area (Å²) in [5, 5.41) is 9.39. The number of carbonyl (C=O) groups is 1. The zero-order valence-corrected chi connectivity index (χ0v) is 18.0. The number of hydrogen-bond acceptors (Lipinski definition) is 3. The van der Waals surface area contributed by atoms with E-state index in [2.05, 4.69) is 28.8 Å². The average molecular weight is 416 g/mol. The highest BCUT2D eigenvalue weighted by Gasteiger charge is 2.32. The van der Waals surface area contributed by atoms with Gasteiger partial charge in [0, 0.05) is 28.6 Å². The maximum absolute atomic E-state index is 12.3. The summed E-state index contributed by atoms with van der Waals surface area (Å²) >= 11 is 0. The van der Waals surface area contributed by atoms with Gasteiger partial charge in [-0.3, -0.25) is 10.2 Å². The molecule has 5 nitrogen and oxygen atoms in total. The van der Waals surface area contributed by atoms with Gasteiger partial charge in [0.15, 0.2) is 0 Å². The number of ether oxygens (including phenoxy) is 1. The Balaban J connectivity index is 1.83. The molecule has 2 aliphatic rings. The van der Waals surface area contributed by atoms with Crippen molar-refractivity contribution in [3.8, 4) is 11.3 Å². The number of nitrogens with zero attached hydrogens (tertiary/aromatic N) is 1. The molecule has 0 spiro atoms. The molecule has 3 N–H and O–H groups in total. The smallest absolute Gasteiger partial charge is 0.222 e. The lowest BCUT2D eigenvalue weighted by Crippen LogP contribution is -2.28. The number of nitrogens with one attached hydrogen (secondary N) is 1. The predicted octanol–water partition coefficient (Wildman–Crippen LogP) is 4.99. The third kappa shape index (κ3) is 3.32. The molecule has 31 heavy (non-hydrogen) atoms. The lowest BCUT2D eigenvalue weighted by molar-refractivity contribution is -0.122. The van der Waals surface area contributed by atoms with E-state index < -0.39 is 0 Å². The van der Waals surface area contributed by atoms with Crippen LogP contribution in [0.4, 0.5) is 0 Å². The number of benzene rings is 2. The molecule has 1 unspecified atom stereocenters. The van der Waals surface area contributed by atoms with Crippen LogP contribution in [0.2, 0.25) is 0 Å². The van der Waals surface area contributed by atoms with Gasteiger partial charge in [-0.15, -0.1) is 0 Å². The normalized spacial score (nSPS) is 18.8. The van der Waals surface area contributed by atoms with Crippen LogP contribution in [-0.4, -0.2) is 23.5 Å². The van der Waals surface area contributed by atoms with Gasteiger partial charge in [0.05, 0.1) is 18.7 Å². The molecular formula is C26H29N3O2. The summed E-state index contributed by atoms with van der Waals surface area (Å²) < 4.78 is 7.49. The van der Waals surface area contributed by atoms with Gasteiger partial charge in [-0.25, -0.2) is 0 Å². The van der Waals surface area contributed by atoms with Crippen LogP contribution in [-0.2, 0) is 22.5 Å². The number of rotatable bonds is 3. The molecule has 0 radical (unpaired) electrons. The molecule has 1 atom stereocenters. The molecule has 1 amide bonds. The number of hydrogen-bond donors (Lipinski definition) is 2. The lowest BCUT2D eigenvalue weighted by Gasteiger charge is -2.24. The number of aromatic nitrogens is 1. The molecular weight excluding hydrogens is 386 g/mol. The van der Waals surface area contributed by atoms with Crippen molar-refractivity contribution in [3.05, 3.63) is 59.2 Å². The van der Waals surface area contributed by atoms with Gasteiger partial charge in [-0.05, 0) is 48.4 Å². The minimum Gasteiger partial charge on any atom is -0.481 e. The number of primary amides is 1. The van der Waals surface area contributed by atoms with Crippen LogP contribution < -0.4 is 5.73 Å². The molecule has 1 aliphatic carbocycles. The van der Waals surface area contributed by atoms with E-state index in [0.29, 0.717) is 18.9 Å². The topological polar surface area (TPSA) is 81.1 Å². The van der Waals surface area contributed by atoms with E-state index in [1.165, 1.54) is 67.0 Å². The molecule has 0 bridgehead atoms. The molecule has 3 aromatic rings. The third-order valence-electron chi connectivity index (χ3n) is 7.13. The summed E-state index contributed by atoms with van der Waals surface area (Å²) in [6.07, 6.45) is 6.88. The van der Waals surface area contributed by atoms with E-state index in [9.17, 15) is 4.79 Å². The van der Waals surface area contributed by atoms with E-state index in [1.54, 1.807) is 0 Å². The van der Waals surface area contributed by atoms with Crippen molar-refractivity contribution in [1.29, 1.82) is 5.41 Å². The van der Waals surface area contributed by atoms with Gasteiger partial charge in [-0.2, -0.15) is 0 Å². The van der Waals surface area contributed by atoms with Gasteiger partial charge in [0.2, 0.25) is 11.8 Å². The maximum Gasteiger partial charge on any atom is 0.222 e.